The first-order chi connectivity index (χ1) is 6.11. The minimum Gasteiger partial charge on any atom is -0.201 e. The highest BCUT2D eigenvalue weighted by molar-refractivity contribution is 14.1. The highest BCUT2D eigenvalue weighted by Crippen LogP contribution is 2.30. The number of nitrogens with zero attached hydrogens (tertiary/aromatic N) is 2. The average molecular weight is 355 g/mol. The van der Waals surface area contributed by atoms with Crippen LogP contribution in [0.2, 0.25) is 0 Å². The van der Waals surface area contributed by atoms with Crippen molar-refractivity contribution < 1.29 is 4.39 Å². The molecule has 13 heavy (non-hydrogen) atoms. The number of halogens is 3. The fourth-order valence-corrected chi connectivity index (χ4v) is 2.29. The van der Waals surface area contributed by atoms with Gasteiger partial charge < -0.3 is 0 Å². The topological polar surface area (TPSA) is 17.8 Å². The molecule has 0 unspecified atom stereocenters. The summed E-state index contributed by atoms with van der Waals surface area (Å²) in [6.45, 7) is 1.92. The van der Waals surface area contributed by atoms with E-state index in [4.69, 9.17) is 0 Å². The molecule has 2 rings (SSSR count). The van der Waals surface area contributed by atoms with Gasteiger partial charge in [0.1, 0.15) is 0 Å². The van der Waals surface area contributed by atoms with E-state index in [0.717, 1.165) is 15.6 Å². The predicted octanol–water partition coefficient (Wildman–Crippen LogP) is 3.44. The lowest BCUT2D eigenvalue weighted by Gasteiger charge is -1.98. The molecule has 0 bridgehead atoms. The summed E-state index contributed by atoms with van der Waals surface area (Å²) in [6, 6.07) is 3.79. The maximum Gasteiger partial charge on any atom is 0.242 e. The molecular formula is C8H5BrFIN2. The van der Waals surface area contributed by atoms with Gasteiger partial charge >= 0.3 is 0 Å². The maximum absolute atomic E-state index is 13.3. The third-order valence-corrected chi connectivity index (χ3v) is 3.65. The van der Waals surface area contributed by atoms with Gasteiger partial charge in [-0.15, -0.1) is 5.10 Å². The van der Waals surface area contributed by atoms with Crippen LogP contribution >= 0.6 is 38.8 Å². The van der Waals surface area contributed by atoms with Crippen LogP contribution in [0.25, 0.3) is 10.9 Å². The van der Waals surface area contributed by atoms with Gasteiger partial charge in [-0.1, -0.05) is 6.07 Å². The Morgan fingerprint density at radius 3 is 2.92 bits per heavy atom. The molecule has 0 radical (unpaired) electrons. The second-order valence-electron chi connectivity index (χ2n) is 2.74. The molecular weight excluding hydrogens is 350 g/mol. The van der Waals surface area contributed by atoms with E-state index < -0.39 is 5.95 Å². The fraction of sp³-hybridized carbons (Fsp3) is 0.125. The first kappa shape index (κ1) is 9.39. The highest BCUT2D eigenvalue weighted by atomic mass is 127. The van der Waals surface area contributed by atoms with E-state index in [1.54, 1.807) is 0 Å². The quantitative estimate of drug-likeness (QED) is 0.663. The van der Waals surface area contributed by atoms with Crippen molar-refractivity contribution in [3.8, 4) is 0 Å². The molecule has 0 saturated carbocycles. The van der Waals surface area contributed by atoms with Gasteiger partial charge in [-0.2, -0.15) is 4.39 Å². The van der Waals surface area contributed by atoms with E-state index in [1.807, 2.05) is 41.9 Å². The van der Waals surface area contributed by atoms with Crippen LogP contribution in [0.3, 0.4) is 0 Å². The van der Waals surface area contributed by atoms with E-state index in [9.17, 15) is 4.39 Å². The molecule has 0 atom stereocenters. The molecule has 0 spiro atoms. The number of benzene rings is 1. The Hall–Kier alpha value is -0.170. The van der Waals surface area contributed by atoms with Crippen molar-refractivity contribution in [1.29, 1.82) is 0 Å². The third kappa shape index (κ3) is 1.38. The van der Waals surface area contributed by atoms with E-state index in [0.29, 0.717) is 5.39 Å². The Morgan fingerprint density at radius 2 is 2.23 bits per heavy atom. The molecule has 0 aliphatic carbocycles. The van der Waals surface area contributed by atoms with Crippen LogP contribution in [-0.4, -0.2) is 7.99 Å². The number of hydrogen-bond donors (Lipinski definition) is 0. The van der Waals surface area contributed by atoms with Crippen LogP contribution in [0.1, 0.15) is 5.56 Å². The number of aromatic nitrogens is 2. The summed E-state index contributed by atoms with van der Waals surface area (Å²) in [5.41, 5.74) is 1.80. The molecule has 0 saturated heterocycles. The zero-order chi connectivity index (χ0) is 9.59. The lowest BCUT2D eigenvalue weighted by atomic mass is 10.2. The lowest BCUT2D eigenvalue weighted by molar-refractivity contribution is 0.586. The standard InChI is InChI=1S/C8H5BrFIN2/c1-4-2-3-5-6(7(4)9)8(10)12-13(5)11/h2-3H,1H3. The summed E-state index contributed by atoms with van der Waals surface area (Å²) in [6.07, 6.45) is 0. The van der Waals surface area contributed by atoms with Crippen LogP contribution in [-0.2, 0) is 0 Å². The van der Waals surface area contributed by atoms with Crippen LogP contribution < -0.4 is 0 Å². The summed E-state index contributed by atoms with van der Waals surface area (Å²) >= 11 is 5.30. The minimum absolute atomic E-state index is 0.431. The minimum atomic E-state index is -0.431. The molecule has 5 heteroatoms. The summed E-state index contributed by atoms with van der Waals surface area (Å²) in [5, 5.41) is 4.25. The van der Waals surface area contributed by atoms with Crippen molar-refractivity contribution in [3.63, 3.8) is 0 Å². The van der Waals surface area contributed by atoms with Gasteiger partial charge in [-0.25, -0.2) is 2.90 Å². The van der Waals surface area contributed by atoms with E-state index in [1.165, 1.54) is 2.90 Å². The molecule has 1 heterocycles. The van der Waals surface area contributed by atoms with Gasteiger partial charge in [0.2, 0.25) is 5.95 Å². The number of fused-ring (bicyclic) bond motifs is 1. The van der Waals surface area contributed by atoms with Crippen LogP contribution in [0, 0.1) is 12.9 Å². The Morgan fingerprint density at radius 1 is 1.54 bits per heavy atom. The third-order valence-electron chi connectivity index (χ3n) is 1.89. The van der Waals surface area contributed by atoms with Gasteiger partial charge in [0.25, 0.3) is 0 Å². The second-order valence-corrected chi connectivity index (χ2v) is 4.45. The van der Waals surface area contributed by atoms with Crippen LogP contribution in [0.5, 0.6) is 0 Å². The Bertz CT molecular complexity index is 480. The number of rotatable bonds is 0. The van der Waals surface area contributed by atoms with Gasteiger partial charge in [0.05, 0.1) is 33.8 Å². The Balaban J connectivity index is 2.98. The molecule has 1 aromatic heterocycles. The van der Waals surface area contributed by atoms with E-state index in [2.05, 4.69) is 21.0 Å². The van der Waals surface area contributed by atoms with Gasteiger partial charge in [-0.05, 0) is 34.5 Å². The second kappa shape index (κ2) is 3.20. The monoisotopic (exact) mass is 354 g/mol. The Labute approximate surface area is 96.7 Å². The van der Waals surface area contributed by atoms with Crippen molar-refractivity contribution in [2.45, 2.75) is 6.92 Å². The average Bonchev–Trinajstić information content (AvgIpc) is 2.35. The Kier molecular flexibility index (Phi) is 2.31. The largest absolute Gasteiger partial charge is 0.242 e. The molecule has 0 aliphatic heterocycles. The zero-order valence-corrected chi connectivity index (χ0v) is 10.4. The highest BCUT2D eigenvalue weighted by Gasteiger charge is 2.12. The molecule has 2 aromatic rings. The molecule has 0 N–H and O–H groups in total. The molecule has 68 valence electrons. The molecule has 0 amide bonds. The molecule has 0 fully saturated rings. The fourth-order valence-electron chi connectivity index (χ4n) is 1.20. The SMILES string of the molecule is Cc1ccc2c(c(F)nn2I)c1Br. The first-order valence-electron chi connectivity index (χ1n) is 3.60. The van der Waals surface area contributed by atoms with Gasteiger partial charge in [0, 0.05) is 4.47 Å². The van der Waals surface area contributed by atoms with Gasteiger partial charge in [0.15, 0.2) is 0 Å². The maximum atomic E-state index is 13.3. The summed E-state index contributed by atoms with van der Waals surface area (Å²) in [5.74, 6) is -0.431. The molecule has 1 aromatic carbocycles. The molecule has 0 aliphatic rings. The number of aryl methyl sites for hydroxylation is 1. The van der Waals surface area contributed by atoms with Crippen molar-refractivity contribution in [3.05, 3.63) is 28.1 Å². The number of hydrogen-bond acceptors (Lipinski definition) is 1. The molecule has 2 nitrogen and oxygen atoms in total. The van der Waals surface area contributed by atoms with Crippen molar-refractivity contribution in [2.75, 3.05) is 0 Å². The normalized spacial score (nSPS) is 11.1. The summed E-state index contributed by atoms with van der Waals surface area (Å²) in [4.78, 5) is 0. The van der Waals surface area contributed by atoms with Crippen molar-refractivity contribution in [2.24, 2.45) is 0 Å². The first-order valence-corrected chi connectivity index (χ1v) is 5.36. The van der Waals surface area contributed by atoms with Crippen molar-refractivity contribution >= 4 is 49.7 Å². The van der Waals surface area contributed by atoms with Gasteiger partial charge in [-0.3, -0.25) is 0 Å². The smallest absolute Gasteiger partial charge is 0.201 e. The van der Waals surface area contributed by atoms with Crippen LogP contribution in [0.4, 0.5) is 4.39 Å². The summed E-state index contributed by atoms with van der Waals surface area (Å²) < 4.78 is 15.6. The van der Waals surface area contributed by atoms with Crippen LogP contribution in [0.15, 0.2) is 16.6 Å². The van der Waals surface area contributed by atoms with Crippen molar-refractivity contribution in [1.82, 2.24) is 7.99 Å². The van der Waals surface area contributed by atoms with E-state index in [-0.39, 0.29) is 0 Å². The zero-order valence-electron chi connectivity index (χ0n) is 6.68. The van der Waals surface area contributed by atoms with E-state index >= 15 is 0 Å². The lowest BCUT2D eigenvalue weighted by Crippen LogP contribution is -1.80. The predicted molar refractivity (Wildman–Crippen MR) is 61.5 cm³/mol. The summed E-state index contributed by atoms with van der Waals surface area (Å²) in [7, 11) is 0.